The van der Waals surface area contributed by atoms with E-state index in [0.29, 0.717) is 13.2 Å². The molecule has 98 valence electrons. The number of ether oxygens (including phenoxy) is 1. The second-order valence-electron chi connectivity index (χ2n) is 4.78. The van der Waals surface area contributed by atoms with E-state index in [0.717, 1.165) is 18.5 Å². The van der Waals surface area contributed by atoms with Crippen molar-refractivity contribution in [3.8, 4) is 0 Å². The van der Waals surface area contributed by atoms with Gasteiger partial charge in [0.15, 0.2) is 0 Å². The first-order valence-electron chi connectivity index (χ1n) is 6.59. The summed E-state index contributed by atoms with van der Waals surface area (Å²) in [6, 6.07) is 5.98. The molecule has 1 aliphatic rings. The third-order valence-corrected chi connectivity index (χ3v) is 3.62. The number of hydrogen-bond donors (Lipinski definition) is 1. The Balaban J connectivity index is 2.06. The van der Waals surface area contributed by atoms with E-state index in [9.17, 15) is 4.79 Å². The van der Waals surface area contributed by atoms with Crippen LogP contribution in [0.5, 0.6) is 0 Å². The summed E-state index contributed by atoms with van der Waals surface area (Å²) in [7, 11) is 0. The van der Waals surface area contributed by atoms with Crippen LogP contribution in [-0.2, 0) is 10.2 Å². The zero-order valence-corrected chi connectivity index (χ0v) is 10.8. The van der Waals surface area contributed by atoms with E-state index in [1.54, 1.807) is 0 Å². The SMILES string of the molecule is CCOC(=O)NCC1(c2ccccn2)CCCC1. The molecule has 1 aromatic rings. The maximum Gasteiger partial charge on any atom is 0.407 e. The van der Waals surface area contributed by atoms with Crippen molar-refractivity contribution in [1.29, 1.82) is 0 Å². The van der Waals surface area contributed by atoms with Crippen molar-refractivity contribution in [3.63, 3.8) is 0 Å². The highest BCUT2D eigenvalue weighted by Crippen LogP contribution is 2.39. The van der Waals surface area contributed by atoms with Crippen LogP contribution < -0.4 is 5.32 Å². The van der Waals surface area contributed by atoms with Crippen molar-refractivity contribution in [1.82, 2.24) is 10.3 Å². The summed E-state index contributed by atoms with van der Waals surface area (Å²) in [5.74, 6) is 0. The van der Waals surface area contributed by atoms with E-state index in [-0.39, 0.29) is 11.5 Å². The average molecular weight is 248 g/mol. The van der Waals surface area contributed by atoms with Crippen molar-refractivity contribution in [2.75, 3.05) is 13.2 Å². The second-order valence-corrected chi connectivity index (χ2v) is 4.78. The third-order valence-electron chi connectivity index (χ3n) is 3.62. The van der Waals surface area contributed by atoms with E-state index in [1.807, 2.05) is 25.3 Å². The Hall–Kier alpha value is -1.58. The highest BCUT2D eigenvalue weighted by molar-refractivity contribution is 5.67. The molecule has 4 heteroatoms. The molecule has 0 aliphatic heterocycles. The summed E-state index contributed by atoms with van der Waals surface area (Å²) in [6.45, 7) is 2.83. The van der Waals surface area contributed by atoms with Crippen molar-refractivity contribution < 1.29 is 9.53 Å². The standard InChI is InChI=1S/C14H20N2O2/c1-2-18-13(17)16-11-14(8-4-5-9-14)12-7-3-6-10-15-12/h3,6-7,10H,2,4-5,8-9,11H2,1H3,(H,16,17). The Morgan fingerprint density at radius 3 is 2.83 bits per heavy atom. The number of rotatable bonds is 4. The van der Waals surface area contributed by atoms with Crippen LogP contribution in [0, 0.1) is 0 Å². The Kier molecular flexibility index (Phi) is 4.18. The molecule has 0 radical (unpaired) electrons. The smallest absolute Gasteiger partial charge is 0.407 e. The van der Waals surface area contributed by atoms with Gasteiger partial charge in [-0.15, -0.1) is 0 Å². The fourth-order valence-electron chi connectivity index (χ4n) is 2.68. The van der Waals surface area contributed by atoms with E-state index in [2.05, 4.69) is 16.4 Å². The van der Waals surface area contributed by atoms with Crippen LogP contribution >= 0.6 is 0 Å². The Morgan fingerprint density at radius 2 is 2.22 bits per heavy atom. The number of carbonyl (C=O) groups is 1. The number of amides is 1. The van der Waals surface area contributed by atoms with Gasteiger partial charge in [0.2, 0.25) is 0 Å². The summed E-state index contributed by atoms with van der Waals surface area (Å²) in [5.41, 5.74) is 1.08. The van der Waals surface area contributed by atoms with Gasteiger partial charge < -0.3 is 10.1 Å². The fraction of sp³-hybridized carbons (Fsp3) is 0.571. The lowest BCUT2D eigenvalue weighted by atomic mass is 9.82. The molecule has 18 heavy (non-hydrogen) atoms. The molecule has 1 amide bonds. The minimum atomic E-state index is -0.334. The normalized spacial score (nSPS) is 17.4. The lowest BCUT2D eigenvalue weighted by Gasteiger charge is -2.28. The van der Waals surface area contributed by atoms with Gasteiger partial charge in [-0.1, -0.05) is 18.9 Å². The molecular weight excluding hydrogens is 228 g/mol. The van der Waals surface area contributed by atoms with Gasteiger partial charge in [0.25, 0.3) is 0 Å². The van der Waals surface area contributed by atoms with Gasteiger partial charge in [-0.2, -0.15) is 0 Å². The van der Waals surface area contributed by atoms with Gasteiger partial charge in [-0.3, -0.25) is 4.98 Å². The van der Waals surface area contributed by atoms with Crippen molar-refractivity contribution in [2.24, 2.45) is 0 Å². The molecule has 1 aliphatic carbocycles. The monoisotopic (exact) mass is 248 g/mol. The molecule has 0 unspecified atom stereocenters. The minimum absolute atomic E-state index is 0.00593. The average Bonchev–Trinajstić information content (AvgIpc) is 2.88. The highest BCUT2D eigenvalue weighted by atomic mass is 16.5. The summed E-state index contributed by atoms with van der Waals surface area (Å²) >= 11 is 0. The van der Waals surface area contributed by atoms with Crippen LogP contribution in [0.15, 0.2) is 24.4 Å². The third kappa shape index (κ3) is 2.81. The molecule has 1 fully saturated rings. The van der Waals surface area contributed by atoms with Gasteiger partial charge >= 0.3 is 6.09 Å². The topological polar surface area (TPSA) is 51.2 Å². The minimum Gasteiger partial charge on any atom is -0.450 e. The summed E-state index contributed by atoms with van der Waals surface area (Å²) in [6.07, 6.45) is 6.04. The number of nitrogens with one attached hydrogen (secondary N) is 1. The highest BCUT2D eigenvalue weighted by Gasteiger charge is 2.37. The first-order valence-corrected chi connectivity index (χ1v) is 6.59. The van der Waals surface area contributed by atoms with Crippen LogP contribution in [0.2, 0.25) is 0 Å². The summed E-state index contributed by atoms with van der Waals surface area (Å²) < 4.78 is 4.91. The molecular formula is C14H20N2O2. The zero-order valence-electron chi connectivity index (χ0n) is 10.8. The number of pyridine rings is 1. The lowest BCUT2D eigenvalue weighted by molar-refractivity contribution is 0.149. The lowest BCUT2D eigenvalue weighted by Crippen LogP contribution is -2.39. The molecule has 0 bridgehead atoms. The van der Waals surface area contributed by atoms with Gasteiger partial charge in [-0.05, 0) is 31.9 Å². The summed E-state index contributed by atoms with van der Waals surface area (Å²) in [4.78, 5) is 15.9. The van der Waals surface area contributed by atoms with Crippen molar-refractivity contribution >= 4 is 6.09 Å². The van der Waals surface area contributed by atoms with E-state index in [1.165, 1.54) is 12.8 Å². The van der Waals surface area contributed by atoms with Gasteiger partial charge in [0, 0.05) is 23.9 Å². The Morgan fingerprint density at radius 1 is 1.44 bits per heavy atom. The maximum absolute atomic E-state index is 11.4. The van der Waals surface area contributed by atoms with Crippen LogP contribution in [0.1, 0.15) is 38.3 Å². The van der Waals surface area contributed by atoms with E-state index >= 15 is 0 Å². The van der Waals surface area contributed by atoms with Crippen LogP contribution in [0.4, 0.5) is 4.79 Å². The van der Waals surface area contributed by atoms with Gasteiger partial charge in [-0.25, -0.2) is 4.79 Å². The molecule has 0 spiro atoms. The van der Waals surface area contributed by atoms with Crippen molar-refractivity contribution in [2.45, 2.75) is 38.0 Å². The first kappa shape index (κ1) is 12.9. The number of aromatic nitrogens is 1. The molecule has 1 heterocycles. The molecule has 1 saturated carbocycles. The number of hydrogen-bond acceptors (Lipinski definition) is 3. The van der Waals surface area contributed by atoms with Crippen molar-refractivity contribution in [3.05, 3.63) is 30.1 Å². The molecule has 0 atom stereocenters. The predicted molar refractivity (Wildman–Crippen MR) is 69.4 cm³/mol. The predicted octanol–water partition coefficient (Wildman–Crippen LogP) is 2.64. The molecule has 0 saturated heterocycles. The molecule has 1 N–H and O–H groups in total. The zero-order chi connectivity index (χ0) is 12.8. The van der Waals surface area contributed by atoms with E-state index in [4.69, 9.17) is 4.74 Å². The molecule has 2 rings (SSSR count). The fourth-order valence-corrected chi connectivity index (χ4v) is 2.68. The Labute approximate surface area is 108 Å². The quantitative estimate of drug-likeness (QED) is 0.891. The van der Waals surface area contributed by atoms with E-state index < -0.39 is 0 Å². The Bertz CT molecular complexity index is 386. The van der Waals surface area contributed by atoms with Gasteiger partial charge in [0.1, 0.15) is 0 Å². The maximum atomic E-state index is 11.4. The first-order chi connectivity index (χ1) is 8.77. The largest absolute Gasteiger partial charge is 0.450 e. The van der Waals surface area contributed by atoms with Crippen LogP contribution in [0.25, 0.3) is 0 Å². The summed E-state index contributed by atoms with van der Waals surface area (Å²) in [5, 5.41) is 2.86. The number of carbonyl (C=O) groups excluding carboxylic acids is 1. The van der Waals surface area contributed by atoms with Gasteiger partial charge in [0.05, 0.1) is 6.61 Å². The molecule has 4 nitrogen and oxygen atoms in total. The molecule has 1 aromatic heterocycles. The second kappa shape index (κ2) is 5.85. The van der Waals surface area contributed by atoms with Crippen LogP contribution in [-0.4, -0.2) is 24.2 Å². The number of alkyl carbamates (subject to hydrolysis) is 1. The van der Waals surface area contributed by atoms with Crippen LogP contribution in [0.3, 0.4) is 0 Å². The molecule has 0 aromatic carbocycles. The number of nitrogens with zero attached hydrogens (tertiary/aromatic N) is 1.